The molecule has 1 aromatic rings. The molecule has 30 heavy (non-hydrogen) atoms. The van der Waals surface area contributed by atoms with Crippen LogP contribution in [0.3, 0.4) is 0 Å². The molecule has 1 fully saturated rings. The van der Waals surface area contributed by atoms with E-state index in [1.807, 2.05) is 20.8 Å². The van der Waals surface area contributed by atoms with Gasteiger partial charge in [0, 0.05) is 31.2 Å². The van der Waals surface area contributed by atoms with Crippen molar-refractivity contribution in [2.75, 3.05) is 19.6 Å². The van der Waals surface area contributed by atoms with E-state index in [9.17, 15) is 18.0 Å². The van der Waals surface area contributed by atoms with Crippen LogP contribution in [0.4, 0.5) is 4.79 Å². The lowest BCUT2D eigenvalue weighted by atomic mass is 9.96. The molecule has 0 bridgehead atoms. The number of hydrogen-bond donors (Lipinski definition) is 2. The van der Waals surface area contributed by atoms with Gasteiger partial charge in [-0.15, -0.1) is 0 Å². The normalized spacial score (nSPS) is 15.9. The van der Waals surface area contributed by atoms with Gasteiger partial charge in [0.15, 0.2) is 0 Å². The molecule has 0 spiro atoms. The molecule has 1 aromatic carbocycles. The third-order valence-corrected chi connectivity index (χ3v) is 6.31. The topological polar surface area (TPSA) is 105 Å². The summed E-state index contributed by atoms with van der Waals surface area (Å²) in [4.78, 5) is 26.4. The van der Waals surface area contributed by atoms with Crippen molar-refractivity contribution in [3.63, 3.8) is 0 Å². The monoisotopic (exact) mass is 439 g/mol. The fraction of sp³-hybridized carbons (Fsp3) is 0.619. The van der Waals surface area contributed by atoms with Crippen LogP contribution in [0.2, 0.25) is 0 Å². The predicted molar refractivity (Wildman–Crippen MR) is 115 cm³/mol. The van der Waals surface area contributed by atoms with Crippen molar-refractivity contribution < 1.29 is 22.7 Å². The summed E-state index contributed by atoms with van der Waals surface area (Å²) in [6.07, 6.45) is 1.14. The summed E-state index contributed by atoms with van der Waals surface area (Å²) in [7, 11) is -3.58. The van der Waals surface area contributed by atoms with Crippen LogP contribution in [0.15, 0.2) is 29.2 Å². The van der Waals surface area contributed by atoms with E-state index in [0.29, 0.717) is 25.2 Å². The van der Waals surface area contributed by atoms with Gasteiger partial charge in [-0.3, -0.25) is 4.79 Å². The van der Waals surface area contributed by atoms with E-state index in [4.69, 9.17) is 4.74 Å². The highest BCUT2D eigenvalue weighted by molar-refractivity contribution is 7.89. The van der Waals surface area contributed by atoms with E-state index in [1.54, 1.807) is 30.9 Å². The van der Waals surface area contributed by atoms with Crippen LogP contribution in [-0.2, 0) is 14.8 Å². The first-order valence-electron chi connectivity index (χ1n) is 10.3. The molecular weight excluding hydrogens is 406 g/mol. The molecule has 0 atom stereocenters. The van der Waals surface area contributed by atoms with Crippen LogP contribution >= 0.6 is 0 Å². The largest absolute Gasteiger partial charge is 0.444 e. The Morgan fingerprint density at radius 1 is 1.13 bits per heavy atom. The summed E-state index contributed by atoms with van der Waals surface area (Å²) in [5.74, 6) is 0.172. The van der Waals surface area contributed by atoms with Gasteiger partial charge in [-0.25, -0.2) is 17.9 Å². The molecule has 1 saturated heterocycles. The quantitative estimate of drug-likeness (QED) is 0.709. The maximum atomic E-state index is 12.7. The van der Waals surface area contributed by atoms with Gasteiger partial charge in [0.25, 0.3) is 5.91 Å². The van der Waals surface area contributed by atoms with E-state index in [-0.39, 0.29) is 22.8 Å². The van der Waals surface area contributed by atoms with Crippen molar-refractivity contribution in [2.24, 2.45) is 5.92 Å². The number of alkyl carbamates (subject to hydrolysis) is 1. The van der Waals surface area contributed by atoms with Crippen LogP contribution in [0.1, 0.15) is 57.8 Å². The number of hydrogen-bond acceptors (Lipinski definition) is 5. The number of benzene rings is 1. The second-order valence-electron chi connectivity index (χ2n) is 8.92. The zero-order valence-corrected chi connectivity index (χ0v) is 19.2. The Kier molecular flexibility index (Phi) is 7.87. The van der Waals surface area contributed by atoms with Crippen LogP contribution in [0.25, 0.3) is 0 Å². The van der Waals surface area contributed by atoms with Crippen molar-refractivity contribution >= 4 is 22.0 Å². The lowest BCUT2D eigenvalue weighted by Gasteiger charge is -2.32. The average molecular weight is 440 g/mol. The second-order valence-corrected chi connectivity index (χ2v) is 10.6. The molecule has 0 aromatic heterocycles. The highest BCUT2D eigenvalue weighted by atomic mass is 32.2. The van der Waals surface area contributed by atoms with Crippen LogP contribution in [0.5, 0.6) is 0 Å². The average Bonchev–Trinajstić information content (AvgIpc) is 2.64. The SMILES string of the molecule is CC(C)NS(=O)(=O)c1ccc(C(=O)N2CCC(CNC(=O)OC(C)(C)C)CC2)cc1. The predicted octanol–water partition coefficient (Wildman–Crippen LogP) is 2.75. The minimum Gasteiger partial charge on any atom is -0.444 e. The fourth-order valence-corrected chi connectivity index (χ4v) is 4.47. The highest BCUT2D eigenvalue weighted by Crippen LogP contribution is 2.20. The van der Waals surface area contributed by atoms with Gasteiger partial charge in [0.05, 0.1) is 4.90 Å². The third kappa shape index (κ3) is 7.28. The number of likely N-dealkylation sites (tertiary alicyclic amines) is 1. The van der Waals surface area contributed by atoms with Gasteiger partial charge in [-0.2, -0.15) is 0 Å². The maximum absolute atomic E-state index is 12.7. The van der Waals surface area contributed by atoms with Gasteiger partial charge >= 0.3 is 6.09 Å². The molecule has 9 heteroatoms. The molecular formula is C21H33N3O5S. The molecule has 1 aliphatic rings. The van der Waals surface area contributed by atoms with Crippen LogP contribution in [-0.4, -0.2) is 56.6 Å². The van der Waals surface area contributed by atoms with Crippen LogP contribution in [0, 0.1) is 5.92 Å². The second kappa shape index (κ2) is 9.78. The summed E-state index contributed by atoms with van der Waals surface area (Å²) in [5.41, 5.74) is -0.0663. The summed E-state index contributed by atoms with van der Waals surface area (Å²) in [6, 6.07) is 5.80. The number of rotatable bonds is 6. The Morgan fingerprint density at radius 3 is 2.20 bits per heavy atom. The van der Waals surface area contributed by atoms with Crippen molar-refractivity contribution in [3.05, 3.63) is 29.8 Å². The van der Waals surface area contributed by atoms with Gasteiger partial charge in [0.2, 0.25) is 10.0 Å². The fourth-order valence-electron chi connectivity index (χ4n) is 3.22. The Bertz CT molecular complexity index is 836. The molecule has 1 aliphatic heterocycles. The minimum atomic E-state index is -3.58. The number of amides is 2. The Balaban J connectivity index is 1.86. The lowest BCUT2D eigenvalue weighted by molar-refractivity contribution is 0.0500. The van der Waals surface area contributed by atoms with Crippen molar-refractivity contribution in [1.82, 2.24) is 14.9 Å². The lowest BCUT2D eigenvalue weighted by Crippen LogP contribution is -2.42. The summed E-state index contributed by atoms with van der Waals surface area (Å²) >= 11 is 0. The molecule has 2 amide bonds. The van der Waals surface area contributed by atoms with E-state index in [0.717, 1.165) is 12.8 Å². The molecule has 2 N–H and O–H groups in total. The van der Waals surface area contributed by atoms with E-state index < -0.39 is 21.7 Å². The highest BCUT2D eigenvalue weighted by Gasteiger charge is 2.25. The number of piperidine rings is 1. The smallest absolute Gasteiger partial charge is 0.407 e. The number of carbonyl (C=O) groups is 2. The van der Waals surface area contributed by atoms with E-state index in [2.05, 4.69) is 10.0 Å². The first-order chi connectivity index (χ1) is 13.9. The van der Waals surface area contributed by atoms with Gasteiger partial charge in [-0.1, -0.05) is 0 Å². The molecule has 168 valence electrons. The molecule has 0 radical (unpaired) electrons. The van der Waals surface area contributed by atoms with Gasteiger partial charge in [-0.05, 0) is 77.6 Å². The number of carbonyl (C=O) groups excluding carboxylic acids is 2. The summed E-state index contributed by atoms with van der Waals surface area (Å²) in [5, 5.41) is 2.79. The number of nitrogens with one attached hydrogen (secondary N) is 2. The Hall–Kier alpha value is -2.13. The maximum Gasteiger partial charge on any atom is 0.407 e. The van der Waals surface area contributed by atoms with Gasteiger partial charge in [0.1, 0.15) is 5.60 Å². The molecule has 2 rings (SSSR count). The molecule has 0 unspecified atom stereocenters. The Labute approximate surface area is 179 Å². The summed E-state index contributed by atoms with van der Waals surface area (Å²) < 4.78 is 32.2. The van der Waals surface area contributed by atoms with Crippen LogP contribution < -0.4 is 10.0 Å². The number of sulfonamides is 1. The number of nitrogens with zero attached hydrogens (tertiary/aromatic N) is 1. The molecule has 0 aliphatic carbocycles. The van der Waals surface area contributed by atoms with Crippen molar-refractivity contribution in [3.8, 4) is 0 Å². The van der Waals surface area contributed by atoms with Crippen molar-refractivity contribution in [1.29, 1.82) is 0 Å². The van der Waals surface area contributed by atoms with Crippen molar-refractivity contribution in [2.45, 2.75) is 64.0 Å². The molecule has 0 saturated carbocycles. The minimum absolute atomic E-state index is 0.116. The molecule has 1 heterocycles. The van der Waals surface area contributed by atoms with E-state index >= 15 is 0 Å². The third-order valence-electron chi connectivity index (χ3n) is 4.64. The molecule has 8 nitrogen and oxygen atoms in total. The van der Waals surface area contributed by atoms with Gasteiger partial charge < -0.3 is 15.0 Å². The Morgan fingerprint density at radius 2 is 1.70 bits per heavy atom. The summed E-state index contributed by atoms with van der Waals surface area (Å²) in [6.45, 7) is 10.7. The zero-order chi connectivity index (χ0) is 22.5. The first kappa shape index (κ1) is 24.1. The standard InChI is InChI=1S/C21H33N3O5S/c1-15(2)23-30(27,28)18-8-6-17(7-9-18)19(25)24-12-10-16(11-13-24)14-22-20(26)29-21(3,4)5/h6-9,15-16,23H,10-14H2,1-5H3,(H,22,26). The number of ether oxygens (including phenoxy) is 1. The first-order valence-corrected chi connectivity index (χ1v) is 11.7. The van der Waals surface area contributed by atoms with E-state index in [1.165, 1.54) is 12.1 Å². The zero-order valence-electron chi connectivity index (χ0n) is 18.4.